The van der Waals surface area contributed by atoms with Gasteiger partial charge in [-0.2, -0.15) is 5.26 Å². The van der Waals surface area contributed by atoms with Crippen LogP contribution in [0.5, 0.6) is 0 Å². The van der Waals surface area contributed by atoms with Crippen LogP contribution in [0.3, 0.4) is 0 Å². The molecule has 0 saturated carbocycles. The van der Waals surface area contributed by atoms with Crippen LogP contribution in [0, 0.1) is 11.3 Å². The van der Waals surface area contributed by atoms with Crippen molar-refractivity contribution >= 4 is 5.69 Å². The van der Waals surface area contributed by atoms with Crippen LogP contribution in [-0.2, 0) is 6.42 Å². The topological polar surface area (TPSA) is 53.0 Å². The van der Waals surface area contributed by atoms with Crippen LogP contribution in [0.2, 0.25) is 0 Å². The zero-order valence-electron chi connectivity index (χ0n) is 9.11. The minimum absolute atomic E-state index is 0.595. The lowest BCUT2D eigenvalue weighted by Gasteiger charge is -2.14. The third kappa shape index (κ3) is 4.48. The number of likely N-dealkylation sites (N-methyl/N-ethyl adjacent to an activating group) is 1. The van der Waals surface area contributed by atoms with Crippen molar-refractivity contribution in [2.45, 2.75) is 12.8 Å². The molecule has 1 aromatic rings. The molecule has 0 unspecified atom stereocenters. The molecule has 0 saturated heterocycles. The first kappa shape index (κ1) is 11.5. The Morgan fingerprint density at radius 2 is 1.93 bits per heavy atom. The van der Waals surface area contributed by atoms with E-state index in [4.69, 9.17) is 11.0 Å². The minimum Gasteiger partial charge on any atom is -0.399 e. The number of nitrogens with zero attached hydrogens (tertiary/aromatic N) is 2. The summed E-state index contributed by atoms with van der Waals surface area (Å²) < 4.78 is 0. The van der Waals surface area contributed by atoms with E-state index in [1.54, 1.807) is 0 Å². The predicted octanol–water partition coefficient (Wildman–Crippen LogP) is 1.66. The van der Waals surface area contributed by atoms with Crippen LogP contribution in [0.4, 0.5) is 5.69 Å². The second-order valence-corrected chi connectivity index (χ2v) is 3.70. The average Bonchev–Trinajstić information content (AvgIpc) is 2.25. The van der Waals surface area contributed by atoms with Gasteiger partial charge in [0.05, 0.1) is 6.07 Å². The summed E-state index contributed by atoms with van der Waals surface area (Å²) in [7, 11) is 2.04. The molecule has 0 radical (unpaired) electrons. The van der Waals surface area contributed by atoms with Crippen molar-refractivity contribution in [2.24, 2.45) is 0 Å². The standard InChI is InChI=1S/C12H17N3/c1-15(9-2-8-13)10-7-11-3-5-12(14)6-4-11/h3-6H,2,7,9-10,14H2,1H3. The molecule has 0 spiro atoms. The van der Waals surface area contributed by atoms with Gasteiger partial charge in [-0.25, -0.2) is 0 Å². The zero-order chi connectivity index (χ0) is 11.1. The Morgan fingerprint density at radius 1 is 1.27 bits per heavy atom. The highest BCUT2D eigenvalue weighted by Crippen LogP contribution is 2.06. The SMILES string of the molecule is CN(CCC#N)CCc1ccc(N)cc1. The van der Waals surface area contributed by atoms with Crippen molar-refractivity contribution in [1.29, 1.82) is 5.26 Å². The number of hydrogen-bond donors (Lipinski definition) is 1. The van der Waals surface area contributed by atoms with Gasteiger partial charge in [0.2, 0.25) is 0 Å². The summed E-state index contributed by atoms with van der Waals surface area (Å²) in [6.45, 7) is 1.82. The summed E-state index contributed by atoms with van der Waals surface area (Å²) in [4.78, 5) is 2.17. The van der Waals surface area contributed by atoms with Crippen molar-refractivity contribution in [2.75, 3.05) is 25.9 Å². The van der Waals surface area contributed by atoms with Crippen molar-refractivity contribution in [3.63, 3.8) is 0 Å². The van der Waals surface area contributed by atoms with E-state index in [1.165, 1.54) is 5.56 Å². The van der Waals surface area contributed by atoms with E-state index in [-0.39, 0.29) is 0 Å². The molecule has 0 heterocycles. The van der Waals surface area contributed by atoms with Gasteiger partial charge in [0.15, 0.2) is 0 Å². The number of benzene rings is 1. The quantitative estimate of drug-likeness (QED) is 0.740. The van der Waals surface area contributed by atoms with E-state index in [9.17, 15) is 0 Å². The number of anilines is 1. The van der Waals surface area contributed by atoms with Gasteiger partial charge in [-0.1, -0.05) is 12.1 Å². The summed E-state index contributed by atoms with van der Waals surface area (Å²) in [5.41, 5.74) is 7.69. The number of nitrogens with two attached hydrogens (primary N) is 1. The maximum Gasteiger partial charge on any atom is 0.0635 e. The Morgan fingerprint density at radius 3 is 2.53 bits per heavy atom. The summed E-state index contributed by atoms with van der Waals surface area (Å²) in [5, 5.41) is 8.44. The van der Waals surface area contributed by atoms with Crippen LogP contribution < -0.4 is 5.73 Å². The first-order valence-corrected chi connectivity index (χ1v) is 5.12. The van der Waals surface area contributed by atoms with E-state index in [2.05, 4.69) is 11.0 Å². The molecule has 0 atom stereocenters. The minimum atomic E-state index is 0.595. The van der Waals surface area contributed by atoms with Crippen molar-refractivity contribution < 1.29 is 0 Å². The van der Waals surface area contributed by atoms with E-state index in [0.717, 1.165) is 25.2 Å². The average molecular weight is 203 g/mol. The van der Waals surface area contributed by atoms with Crippen molar-refractivity contribution in [3.05, 3.63) is 29.8 Å². The van der Waals surface area contributed by atoms with Crippen LogP contribution in [-0.4, -0.2) is 25.0 Å². The Labute approximate surface area is 91.1 Å². The molecule has 0 aromatic heterocycles. The van der Waals surface area contributed by atoms with Crippen LogP contribution in [0.25, 0.3) is 0 Å². The van der Waals surface area contributed by atoms with Gasteiger partial charge in [0.1, 0.15) is 0 Å². The molecule has 0 fully saturated rings. The lowest BCUT2D eigenvalue weighted by Crippen LogP contribution is -2.22. The molecule has 0 aliphatic carbocycles. The highest BCUT2D eigenvalue weighted by atomic mass is 15.1. The van der Waals surface area contributed by atoms with Gasteiger partial charge >= 0.3 is 0 Å². The fraction of sp³-hybridized carbons (Fsp3) is 0.417. The highest BCUT2D eigenvalue weighted by molar-refractivity contribution is 5.39. The van der Waals surface area contributed by atoms with Gasteiger partial charge in [0, 0.05) is 25.2 Å². The van der Waals surface area contributed by atoms with Crippen LogP contribution in [0.15, 0.2) is 24.3 Å². The first-order valence-electron chi connectivity index (χ1n) is 5.12. The van der Waals surface area contributed by atoms with E-state index in [0.29, 0.717) is 6.42 Å². The highest BCUT2D eigenvalue weighted by Gasteiger charge is 1.98. The Balaban J connectivity index is 2.31. The molecule has 0 aliphatic rings. The molecule has 1 aromatic carbocycles. The van der Waals surface area contributed by atoms with Gasteiger partial charge in [-0.05, 0) is 31.2 Å². The molecular formula is C12H17N3. The van der Waals surface area contributed by atoms with Crippen molar-refractivity contribution in [3.8, 4) is 6.07 Å². The predicted molar refractivity (Wildman–Crippen MR) is 62.3 cm³/mol. The third-order valence-corrected chi connectivity index (χ3v) is 2.37. The maximum atomic E-state index is 8.44. The summed E-state index contributed by atoms with van der Waals surface area (Å²) >= 11 is 0. The van der Waals surface area contributed by atoms with Gasteiger partial charge in [-0.15, -0.1) is 0 Å². The Kier molecular flexibility index (Phi) is 4.65. The molecular weight excluding hydrogens is 186 g/mol. The summed E-state index contributed by atoms with van der Waals surface area (Å²) in [6, 6.07) is 10.1. The van der Waals surface area contributed by atoms with E-state index < -0.39 is 0 Å². The Hall–Kier alpha value is -1.53. The summed E-state index contributed by atoms with van der Waals surface area (Å²) in [6.07, 6.45) is 1.60. The molecule has 3 heteroatoms. The molecule has 0 aliphatic heterocycles. The molecule has 80 valence electrons. The van der Waals surface area contributed by atoms with Gasteiger partial charge in [0.25, 0.3) is 0 Å². The lowest BCUT2D eigenvalue weighted by molar-refractivity contribution is 0.346. The smallest absolute Gasteiger partial charge is 0.0635 e. The van der Waals surface area contributed by atoms with Crippen molar-refractivity contribution in [1.82, 2.24) is 4.90 Å². The van der Waals surface area contributed by atoms with Crippen LogP contribution in [0.1, 0.15) is 12.0 Å². The third-order valence-electron chi connectivity index (χ3n) is 2.37. The second kappa shape index (κ2) is 6.05. The normalized spacial score (nSPS) is 10.2. The lowest BCUT2D eigenvalue weighted by atomic mass is 10.1. The molecule has 2 N–H and O–H groups in total. The molecule has 1 rings (SSSR count). The van der Waals surface area contributed by atoms with Gasteiger partial charge < -0.3 is 10.6 Å². The molecule has 0 bridgehead atoms. The number of hydrogen-bond acceptors (Lipinski definition) is 3. The Bertz CT molecular complexity index is 324. The molecule has 0 amide bonds. The maximum absolute atomic E-state index is 8.44. The molecule has 15 heavy (non-hydrogen) atoms. The largest absolute Gasteiger partial charge is 0.399 e. The van der Waals surface area contributed by atoms with E-state index in [1.807, 2.05) is 31.3 Å². The number of rotatable bonds is 5. The zero-order valence-corrected chi connectivity index (χ0v) is 9.11. The van der Waals surface area contributed by atoms with Gasteiger partial charge in [-0.3, -0.25) is 0 Å². The monoisotopic (exact) mass is 203 g/mol. The fourth-order valence-electron chi connectivity index (χ4n) is 1.36. The number of nitrogen functional groups attached to an aromatic ring is 1. The fourth-order valence-corrected chi connectivity index (χ4v) is 1.36. The first-order chi connectivity index (χ1) is 7.22. The molecule has 3 nitrogen and oxygen atoms in total. The number of nitriles is 1. The second-order valence-electron chi connectivity index (χ2n) is 3.70. The van der Waals surface area contributed by atoms with E-state index >= 15 is 0 Å². The van der Waals surface area contributed by atoms with Crippen LogP contribution >= 0.6 is 0 Å². The summed E-state index contributed by atoms with van der Waals surface area (Å²) in [5.74, 6) is 0.